The van der Waals surface area contributed by atoms with Gasteiger partial charge in [0.25, 0.3) is 0 Å². The minimum atomic E-state index is 0.543. The van der Waals surface area contributed by atoms with E-state index >= 15 is 0 Å². The van der Waals surface area contributed by atoms with Gasteiger partial charge in [-0.3, -0.25) is 0 Å². The molecule has 0 atom stereocenters. The molecule has 0 radical (unpaired) electrons. The number of nitrogens with one attached hydrogen (secondary N) is 1. The van der Waals surface area contributed by atoms with Crippen molar-refractivity contribution in [1.82, 2.24) is 9.97 Å². The third-order valence-electron chi connectivity index (χ3n) is 3.46. The van der Waals surface area contributed by atoms with Gasteiger partial charge in [-0.25, -0.2) is 9.97 Å². The zero-order valence-electron chi connectivity index (χ0n) is 12.5. The molecule has 5 heteroatoms. The lowest BCUT2D eigenvalue weighted by molar-refractivity contribution is 0.418. The fourth-order valence-electron chi connectivity index (χ4n) is 2.27. The molecule has 0 aliphatic rings. The van der Waals surface area contributed by atoms with Crippen LogP contribution in [0.5, 0.6) is 5.75 Å². The molecule has 4 nitrogen and oxygen atoms in total. The van der Waals surface area contributed by atoms with E-state index in [9.17, 15) is 0 Å². The van der Waals surface area contributed by atoms with E-state index < -0.39 is 0 Å². The molecule has 0 amide bonds. The largest absolute Gasteiger partial charge is 0.494 e. The molecule has 2 aromatic carbocycles. The molecular formula is C17H17N3OS. The van der Waals surface area contributed by atoms with E-state index in [1.54, 1.807) is 7.11 Å². The Bertz CT molecular complexity index is 803. The van der Waals surface area contributed by atoms with Gasteiger partial charge in [-0.1, -0.05) is 6.92 Å². The zero-order chi connectivity index (χ0) is 15.5. The highest BCUT2D eigenvalue weighted by molar-refractivity contribution is 7.80. The average molecular weight is 311 g/mol. The van der Waals surface area contributed by atoms with Crippen LogP contribution in [0.4, 0.5) is 11.6 Å². The minimum Gasteiger partial charge on any atom is -0.494 e. The number of methoxy groups -OCH3 is 1. The third kappa shape index (κ3) is 2.99. The van der Waals surface area contributed by atoms with Crippen LogP contribution in [0.25, 0.3) is 10.9 Å². The Morgan fingerprint density at radius 1 is 1.18 bits per heavy atom. The Hall–Kier alpha value is -2.27. The van der Waals surface area contributed by atoms with Crippen molar-refractivity contribution in [3.8, 4) is 5.75 Å². The SMILES string of the molecule is CCc1cc(OC)c2nc(Nc3ccc(S)cc3)ncc2c1. The maximum absolute atomic E-state index is 5.46. The van der Waals surface area contributed by atoms with Crippen LogP contribution < -0.4 is 10.1 Å². The summed E-state index contributed by atoms with van der Waals surface area (Å²) >= 11 is 4.28. The van der Waals surface area contributed by atoms with Crippen molar-refractivity contribution in [3.05, 3.63) is 48.2 Å². The van der Waals surface area contributed by atoms with Crippen LogP contribution in [-0.2, 0) is 6.42 Å². The first-order valence-electron chi connectivity index (χ1n) is 7.09. The van der Waals surface area contributed by atoms with Gasteiger partial charge in [-0.15, -0.1) is 12.6 Å². The van der Waals surface area contributed by atoms with Gasteiger partial charge >= 0.3 is 0 Å². The first kappa shape index (κ1) is 14.7. The molecule has 0 spiro atoms. The number of thiol groups is 1. The Balaban J connectivity index is 1.99. The Morgan fingerprint density at radius 3 is 2.64 bits per heavy atom. The predicted molar refractivity (Wildman–Crippen MR) is 92.4 cm³/mol. The van der Waals surface area contributed by atoms with E-state index in [0.717, 1.165) is 33.7 Å². The molecule has 0 saturated carbocycles. The van der Waals surface area contributed by atoms with E-state index in [-0.39, 0.29) is 0 Å². The van der Waals surface area contributed by atoms with Crippen LogP contribution in [0.2, 0.25) is 0 Å². The molecule has 112 valence electrons. The van der Waals surface area contributed by atoms with E-state index in [4.69, 9.17) is 4.74 Å². The summed E-state index contributed by atoms with van der Waals surface area (Å²) in [6, 6.07) is 11.8. The summed E-state index contributed by atoms with van der Waals surface area (Å²) in [5.41, 5.74) is 2.93. The number of aryl methyl sites for hydroxylation is 1. The van der Waals surface area contributed by atoms with Gasteiger partial charge in [0.05, 0.1) is 7.11 Å². The molecule has 0 bridgehead atoms. The minimum absolute atomic E-state index is 0.543. The number of hydrogen-bond acceptors (Lipinski definition) is 5. The fraction of sp³-hybridized carbons (Fsp3) is 0.176. The van der Waals surface area contributed by atoms with Crippen LogP contribution in [0.15, 0.2) is 47.5 Å². The van der Waals surface area contributed by atoms with Crippen LogP contribution in [0.3, 0.4) is 0 Å². The lowest BCUT2D eigenvalue weighted by atomic mass is 10.1. The predicted octanol–water partition coefficient (Wildman–Crippen LogP) is 4.23. The van der Waals surface area contributed by atoms with Crippen LogP contribution in [-0.4, -0.2) is 17.1 Å². The van der Waals surface area contributed by atoms with Crippen molar-refractivity contribution in [2.24, 2.45) is 0 Å². The zero-order valence-corrected chi connectivity index (χ0v) is 13.4. The highest BCUT2D eigenvalue weighted by Crippen LogP contribution is 2.27. The summed E-state index contributed by atoms with van der Waals surface area (Å²) in [6.07, 6.45) is 2.77. The van der Waals surface area contributed by atoms with Crippen LogP contribution in [0, 0.1) is 0 Å². The maximum Gasteiger partial charge on any atom is 0.227 e. The first-order valence-corrected chi connectivity index (χ1v) is 7.54. The average Bonchev–Trinajstić information content (AvgIpc) is 2.56. The van der Waals surface area contributed by atoms with Crippen LogP contribution in [0.1, 0.15) is 12.5 Å². The van der Waals surface area contributed by atoms with Gasteiger partial charge < -0.3 is 10.1 Å². The molecule has 1 N–H and O–H groups in total. The van der Waals surface area contributed by atoms with Gasteiger partial charge in [0.2, 0.25) is 5.95 Å². The maximum atomic E-state index is 5.46. The van der Waals surface area contributed by atoms with Gasteiger partial charge in [0, 0.05) is 22.2 Å². The Kier molecular flexibility index (Phi) is 4.15. The second-order valence-corrected chi connectivity index (χ2v) is 5.47. The topological polar surface area (TPSA) is 47.0 Å². The van der Waals surface area contributed by atoms with Gasteiger partial charge in [0.15, 0.2) is 0 Å². The lowest BCUT2D eigenvalue weighted by Gasteiger charge is -2.10. The molecule has 1 aromatic heterocycles. The summed E-state index contributed by atoms with van der Waals surface area (Å²) in [5, 5.41) is 4.17. The molecule has 0 unspecified atom stereocenters. The standard InChI is InChI=1S/C17H17N3OS/c1-3-11-8-12-10-18-17(20-16(12)15(9-11)21-2)19-13-4-6-14(22)7-5-13/h4-10,22H,3H2,1-2H3,(H,18,19,20). The van der Waals surface area contributed by atoms with E-state index in [0.29, 0.717) is 5.95 Å². The summed E-state index contributed by atoms with van der Waals surface area (Å²) < 4.78 is 5.46. The fourth-order valence-corrected chi connectivity index (χ4v) is 2.42. The Labute approximate surface area is 135 Å². The number of ether oxygens (including phenoxy) is 1. The molecule has 0 fully saturated rings. The van der Waals surface area contributed by atoms with Gasteiger partial charge in [0.1, 0.15) is 11.3 Å². The van der Waals surface area contributed by atoms with E-state index in [2.05, 4.69) is 40.9 Å². The number of rotatable bonds is 4. The quantitative estimate of drug-likeness (QED) is 0.708. The molecule has 3 rings (SSSR count). The van der Waals surface area contributed by atoms with Crippen molar-refractivity contribution in [2.75, 3.05) is 12.4 Å². The lowest BCUT2D eigenvalue weighted by Crippen LogP contribution is -1.99. The molecule has 0 saturated heterocycles. The Morgan fingerprint density at radius 2 is 1.95 bits per heavy atom. The smallest absolute Gasteiger partial charge is 0.227 e. The number of aromatic nitrogens is 2. The van der Waals surface area contributed by atoms with Crippen molar-refractivity contribution in [2.45, 2.75) is 18.2 Å². The van der Waals surface area contributed by atoms with Gasteiger partial charge in [-0.2, -0.15) is 0 Å². The summed E-state index contributed by atoms with van der Waals surface area (Å²) in [4.78, 5) is 9.87. The second kappa shape index (κ2) is 6.23. The molecule has 3 aromatic rings. The van der Waals surface area contributed by atoms with E-state index in [1.807, 2.05) is 36.5 Å². The summed E-state index contributed by atoms with van der Waals surface area (Å²) in [5.74, 6) is 1.31. The highest BCUT2D eigenvalue weighted by Gasteiger charge is 2.08. The third-order valence-corrected chi connectivity index (χ3v) is 3.76. The summed E-state index contributed by atoms with van der Waals surface area (Å²) in [6.45, 7) is 2.11. The number of fused-ring (bicyclic) bond motifs is 1. The number of hydrogen-bond donors (Lipinski definition) is 2. The van der Waals surface area contributed by atoms with Crippen LogP contribution >= 0.6 is 12.6 Å². The molecule has 0 aliphatic carbocycles. The highest BCUT2D eigenvalue weighted by atomic mass is 32.1. The van der Waals surface area contributed by atoms with Crippen molar-refractivity contribution in [1.29, 1.82) is 0 Å². The molecule has 22 heavy (non-hydrogen) atoms. The number of nitrogens with zero attached hydrogens (tertiary/aromatic N) is 2. The first-order chi connectivity index (χ1) is 10.7. The van der Waals surface area contributed by atoms with Crippen molar-refractivity contribution in [3.63, 3.8) is 0 Å². The monoisotopic (exact) mass is 311 g/mol. The van der Waals surface area contributed by atoms with E-state index in [1.165, 1.54) is 5.56 Å². The molecule has 1 heterocycles. The van der Waals surface area contributed by atoms with Crippen molar-refractivity contribution < 1.29 is 4.74 Å². The van der Waals surface area contributed by atoms with Crippen molar-refractivity contribution >= 4 is 35.2 Å². The number of benzene rings is 2. The number of anilines is 2. The molecule has 0 aliphatic heterocycles. The van der Waals surface area contributed by atoms with Gasteiger partial charge in [-0.05, 0) is 48.4 Å². The molecular weight excluding hydrogens is 294 g/mol. The summed E-state index contributed by atoms with van der Waals surface area (Å²) in [7, 11) is 1.66. The normalized spacial score (nSPS) is 10.7. The second-order valence-electron chi connectivity index (χ2n) is 4.95.